The number of hydrogen-bond donors (Lipinski definition) is 2. The molecule has 1 aromatic carbocycles. The van der Waals surface area contributed by atoms with E-state index in [2.05, 4.69) is 45.1 Å². The van der Waals surface area contributed by atoms with Crippen molar-refractivity contribution in [2.75, 3.05) is 5.32 Å². The fraction of sp³-hybridized carbons (Fsp3) is 0.588. The highest BCUT2D eigenvalue weighted by molar-refractivity contribution is 5.91. The van der Waals surface area contributed by atoms with Crippen LogP contribution in [0.4, 0.5) is 5.69 Å². The molecule has 20 heavy (non-hydrogen) atoms. The van der Waals surface area contributed by atoms with E-state index in [4.69, 9.17) is 0 Å². The van der Waals surface area contributed by atoms with Crippen molar-refractivity contribution in [3.8, 4) is 0 Å². The summed E-state index contributed by atoms with van der Waals surface area (Å²) in [6, 6.07) is 6.24. The van der Waals surface area contributed by atoms with Gasteiger partial charge >= 0.3 is 0 Å². The molecule has 0 aliphatic heterocycles. The average molecular weight is 277 g/mol. The maximum absolute atomic E-state index is 11.9. The molecular formula is C17H27NO2. The van der Waals surface area contributed by atoms with E-state index in [0.29, 0.717) is 24.7 Å². The molecule has 0 spiro atoms. The molecule has 1 unspecified atom stereocenters. The topological polar surface area (TPSA) is 49.3 Å². The van der Waals surface area contributed by atoms with Crippen LogP contribution in [0.15, 0.2) is 18.2 Å². The lowest BCUT2D eigenvalue weighted by atomic mass is 9.94. The molecule has 1 atom stereocenters. The fourth-order valence-electron chi connectivity index (χ4n) is 2.08. The number of anilines is 1. The zero-order chi connectivity index (χ0) is 15.3. The van der Waals surface area contributed by atoms with E-state index in [1.54, 1.807) is 6.92 Å². The molecule has 0 bridgehead atoms. The summed E-state index contributed by atoms with van der Waals surface area (Å²) in [5.74, 6) is 0.804. The SMILES string of the molecule is CC(O)CCC(=O)Nc1ccc(C(C)C)cc1C(C)C. The second-order valence-corrected chi connectivity index (χ2v) is 6.09. The van der Waals surface area contributed by atoms with E-state index in [0.717, 1.165) is 5.69 Å². The molecule has 0 aliphatic rings. The number of hydrogen-bond acceptors (Lipinski definition) is 2. The van der Waals surface area contributed by atoms with Crippen LogP contribution in [-0.4, -0.2) is 17.1 Å². The first-order chi connectivity index (χ1) is 9.31. The lowest BCUT2D eigenvalue weighted by Gasteiger charge is -2.17. The van der Waals surface area contributed by atoms with Gasteiger partial charge < -0.3 is 10.4 Å². The van der Waals surface area contributed by atoms with Crippen LogP contribution in [0.3, 0.4) is 0 Å². The summed E-state index contributed by atoms with van der Waals surface area (Å²) in [5, 5.41) is 12.2. The first-order valence-corrected chi connectivity index (χ1v) is 7.43. The standard InChI is InChI=1S/C17H27NO2/c1-11(2)14-7-8-16(15(10-14)12(3)4)18-17(20)9-6-13(5)19/h7-8,10-13,19H,6,9H2,1-5H3,(H,18,20). The Morgan fingerprint density at radius 3 is 2.30 bits per heavy atom. The van der Waals surface area contributed by atoms with Gasteiger partial charge in [0.2, 0.25) is 5.91 Å². The Morgan fingerprint density at radius 1 is 1.15 bits per heavy atom. The number of amides is 1. The van der Waals surface area contributed by atoms with E-state index in [-0.39, 0.29) is 5.91 Å². The summed E-state index contributed by atoms with van der Waals surface area (Å²) in [6.07, 6.45) is 0.405. The van der Waals surface area contributed by atoms with Crippen molar-refractivity contribution in [2.45, 2.75) is 65.4 Å². The van der Waals surface area contributed by atoms with E-state index in [1.165, 1.54) is 11.1 Å². The zero-order valence-electron chi connectivity index (χ0n) is 13.2. The molecule has 0 heterocycles. The Balaban J connectivity index is 2.86. The van der Waals surface area contributed by atoms with Gasteiger partial charge in [0.15, 0.2) is 0 Å². The van der Waals surface area contributed by atoms with Crippen LogP contribution in [0.25, 0.3) is 0 Å². The van der Waals surface area contributed by atoms with Crippen LogP contribution >= 0.6 is 0 Å². The normalized spacial score (nSPS) is 12.8. The number of aliphatic hydroxyl groups excluding tert-OH is 1. The van der Waals surface area contributed by atoms with Crippen LogP contribution < -0.4 is 5.32 Å². The summed E-state index contributed by atoms with van der Waals surface area (Å²) in [6.45, 7) is 10.3. The molecule has 0 aliphatic carbocycles. The van der Waals surface area contributed by atoms with Gasteiger partial charge in [-0.2, -0.15) is 0 Å². The molecule has 1 aromatic rings. The summed E-state index contributed by atoms with van der Waals surface area (Å²) in [4.78, 5) is 11.9. The quantitative estimate of drug-likeness (QED) is 0.824. The van der Waals surface area contributed by atoms with Gasteiger partial charge in [-0.25, -0.2) is 0 Å². The molecule has 1 rings (SSSR count). The number of rotatable bonds is 6. The van der Waals surface area contributed by atoms with E-state index >= 15 is 0 Å². The van der Waals surface area contributed by atoms with Gasteiger partial charge in [-0.1, -0.05) is 39.8 Å². The maximum Gasteiger partial charge on any atom is 0.224 e. The number of nitrogens with one attached hydrogen (secondary N) is 1. The predicted molar refractivity (Wildman–Crippen MR) is 84.2 cm³/mol. The van der Waals surface area contributed by atoms with Gasteiger partial charge in [0.25, 0.3) is 0 Å². The average Bonchev–Trinajstić information content (AvgIpc) is 2.36. The van der Waals surface area contributed by atoms with Gasteiger partial charge in [-0.05, 0) is 42.4 Å². The first-order valence-electron chi connectivity index (χ1n) is 7.43. The Hall–Kier alpha value is -1.35. The van der Waals surface area contributed by atoms with Crippen molar-refractivity contribution in [2.24, 2.45) is 0 Å². The van der Waals surface area contributed by atoms with Crippen LogP contribution in [-0.2, 0) is 4.79 Å². The lowest BCUT2D eigenvalue weighted by Crippen LogP contribution is -2.15. The van der Waals surface area contributed by atoms with Gasteiger partial charge in [0.05, 0.1) is 6.10 Å². The van der Waals surface area contributed by atoms with Gasteiger partial charge in [0, 0.05) is 12.1 Å². The van der Waals surface area contributed by atoms with Crippen molar-refractivity contribution in [3.05, 3.63) is 29.3 Å². The Morgan fingerprint density at radius 2 is 1.80 bits per heavy atom. The second-order valence-electron chi connectivity index (χ2n) is 6.09. The third-order valence-electron chi connectivity index (χ3n) is 3.43. The molecule has 112 valence electrons. The summed E-state index contributed by atoms with van der Waals surface area (Å²) in [7, 11) is 0. The molecule has 0 fully saturated rings. The van der Waals surface area contributed by atoms with Crippen LogP contribution in [0, 0.1) is 0 Å². The Kier molecular flexibility index (Phi) is 6.21. The molecule has 0 radical (unpaired) electrons. The van der Waals surface area contributed by atoms with Crippen molar-refractivity contribution < 1.29 is 9.90 Å². The third kappa shape index (κ3) is 4.97. The second kappa shape index (κ2) is 7.44. The highest BCUT2D eigenvalue weighted by atomic mass is 16.3. The van der Waals surface area contributed by atoms with Gasteiger partial charge in [-0.15, -0.1) is 0 Å². The van der Waals surface area contributed by atoms with Crippen molar-refractivity contribution in [3.63, 3.8) is 0 Å². The zero-order valence-corrected chi connectivity index (χ0v) is 13.2. The molecule has 0 saturated heterocycles. The van der Waals surface area contributed by atoms with Gasteiger partial charge in [0.1, 0.15) is 0 Å². The smallest absolute Gasteiger partial charge is 0.224 e. The number of aliphatic hydroxyl groups is 1. The van der Waals surface area contributed by atoms with E-state index in [9.17, 15) is 9.90 Å². The number of carbonyl (C=O) groups is 1. The minimum absolute atomic E-state index is 0.0369. The monoisotopic (exact) mass is 277 g/mol. The Labute approximate surface area is 122 Å². The first kappa shape index (κ1) is 16.7. The van der Waals surface area contributed by atoms with Crippen LogP contribution in [0.1, 0.15) is 70.4 Å². The minimum atomic E-state index is -0.436. The van der Waals surface area contributed by atoms with E-state index in [1.807, 2.05) is 6.07 Å². The molecule has 1 amide bonds. The molecular weight excluding hydrogens is 250 g/mol. The van der Waals surface area contributed by atoms with Crippen molar-refractivity contribution >= 4 is 11.6 Å². The van der Waals surface area contributed by atoms with Crippen LogP contribution in [0.5, 0.6) is 0 Å². The van der Waals surface area contributed by atoms with Crippen molar-refractivity contribution in [1.82, 2.24) is 0 Å². The largest absolute Gasteiger partial charge is 0.393 e. The van der Waals surface area contributed by atoms with Crippen molar-refractivity contribution in [1.29, 1.82) is 0 Å². The van der Waals surface area contributed by atoms with Gasteiger partial charge in [-0.3, -0.25) is 4.79 Å². The minimum Gasteiger partial charge on any atom is -0.393 e. The summed E-state index contributed by atoms with van der Waals surface area (Å²) < 4.78 is 0. The molecule has 2 N–H and O–H groups in total. The number of benzene rings is 1. The van der Waals surface area contributed by atoms with E-state index < -0.39 is 6.10 Å². The summed E-state index contributed by atoms with van der Waals surface area (Å²) in [5.41, 5.74) is 3.34. The molecule has 0 aromatic heterocycles. The van der Waals surface area contributed by atoms with Crippen LogP contribution in [0.2, 0.25) is 0 Å². The third-order valence-corrected chi connectivity index (χ3v) is 3.43. The highest BCUT2D eigenvalue weighted by Gasteiger charge is 2.12. The number of carbonyl (C=O) groups excluding carboxylic acids is 1. The highest BCUT2D eigenvalue weighted by Crippen LogP contribution is 2.28. The summed E-state index contributed by atoms with van der Waals surface area (Å²) >= 11 is 0. The lowest BCUT2D eigenvalue weighted by molar-refractivity contribution is -0.116. The molecule has 3 nitrogen and oxygen atoms in total. The fourth-order valence-corrected chi connectivity index (χ4v) is 2.08. The maximum atomic E-state index is 11.9. The molecule has 0 saturated carbocycles. The predicted octanol–water partition coefficient (Wildman–Crippen LogP) is 4.03. The Bertz CT molecular complexity index is 450. The molecule has 3 heteroatoms.